The molecule has 1 aliphatic heterocycles. The topological polar surface area (TPSA) is 111 Å². The minimum Gasteiger partial charge on any atom is -0.534 e. The Bertz CT molecular complexity index is 798. The molecule has 8 nitrogen and oxygen atoms in total. The van der Waals surface area contributed by atoms with Crippen molar-refractivity contribution < 1.29 is 42.3 Å². The zero-order valence-corrected chi connectivity index (χ0v) is 16.9. The fourth-order valence-electron chi connectivity index (χ4n) is 2.71. The van der Waals surface area contributed by atoms with Gasteiger partial charge in [-0.05, 0) is 25.0 Å². The molecule has 0 bridgehead atoms. The summed E-state index contributed by atoms with van der Waals surface area (Å²) < 4.78 is 40.9. The van der Waals surface area contributed by atoms with E-state index < -0.39 is 56.5 Å². The summed E-state index contributed by atoms with van der Waals surface area (Å²) in [4.78, 5) is 35.6. The van der Waals surface area contributed by atoms with E-state index >= 15 is 0 Å². The lowest BCUT2D eigenvalue weighted by Gasteiger charge is -2.29. The molecule has 1 amide bonds. The van der Waals surface area contributed by atoms with Crippen molar-refractivity contribution in [1.82, 2.24) is 5.32 Å². The van der Waals surface area contributed by atoms with E-state index in [0.717, 1.165) is 6.92 Å². The molecule has 0 aliphatic carbocycles. The first-order valence-corrected chi connectivity index (χ1v) is 9.45. The number of rotatable bonds is 8. The van der Waals surface area contributed by atoms with Crippen LogP contribution in [0.15, 0.2) is 18.2 Å². The van der Waals surface area contributed by atoms with E-state index in [9.17, 15) is 28.2 Å². The molecule has 1 aromatic rings. The second-order valence-electron chi connectivity index (χ2n) is 7.42. The number of para-hydroxylation sites is 1. The first-order chi connectivity index (χ1) is 14.0. The largest absolute Gasteiger partial charge is 0.547 e. The van der Waals surface area contributed by atoms with Gasteiger partial charge in [0, 0.05) is 12.8 Å². The number of benzene rings is 1. The second-order valence-corrected chi connectivity index (χ2v) is 7.42. The highest BCUT2D eigenvalue weighted by Gasteiger charge is 2.38. The minimum atomic E-state index is -2.97. The SMILES string of the molecule is CC(C)C(=O)OCOC(=O)c1cccc2c1OB(O)[C@@H](NC(=O)CCC(C)(F)F)C2. The maximum absolute atomic E-state index is 12.9. The molecule has 0 saturated heterocycles. The average molecular weight is 427 g/mol. The van der Waals surface area contributed by atoms with Crippen LogP contribution in [0.4, 0.5) is 8.78 Å². The van der Waals surface area contributed by atoms with Gasteiger partial charge < -0.3 is 24.5 Å². The van der Waals surface area contributed by atoms with E-state index in [4.69, 9.17) is 14.1 Å². The standard InChI is InChI=1S/C19H24BF2NO7/c1-11(2)17(25)28-10-29-18(26)13-6-4-5-12-9-14(20(27)30-16(12)13)23-15(24)7-8-19(3,21)22/h4-6,11,14,27H,7-10H2,1-3H3,(H,23,24)/t14-/m0/s1. The van der Waals surface area contributed by atoms with Gasteiger partial charge in [-0.1, -0.05) is 26.0 Å². The van der Waals surface area contributed by atoms with E-state index in [2.05, 4.69) is 5.32 Å². The Hall–Kier alpha value is -2.69. The lowest BCUT2D eigenvalue weighted by Crippen LogP contribution is -2.53. The molecule has 164 valence electrons. The number of amides is 1. The Morgan fingerprint density at radius 1 is 1.33 bits per heavy atom. The van der Waals surface area contributed by atoms with Gasteiger partial charge in [-0.15, -0.1) is 0 Å². The van der Waals surface area contributed by atoms with E-state index in [0.29, 0.717) is 5.56 Å². The van der Waals surface area contributed by atoms with Crippen molar-refractivity contribution in [3.8, 4) is 5.75 Å². The molecule has 1 aliphatic rings. The zero-order valence-electron chi connectivity index (χ0n) is 16.9. The molecule has 0 saturated carbocycles. The smallest absolute Gasteiger partial charge is 0.534 e. The molecule has 0 aromatic heterocycles. The Morgan fingerprint density at radius 3 is 2.67 bits per heavy atom. The molecule has 1 aromatic carbocycles. The summed E-state index contributed by atoms with van der Waals surface area (Å²) in [6.45, 7) is 3.42. The van der Waals surface area contributed by atoms with Crippen molar-refractivity contribution in [3.05, 3.63) is 29.3 Å². The Kier molecular flexibility index (Phi) is 7.77. The number of fused-ring (bicyclic) bond motifs is 1. The molecule has 1 atom stereocenters. The molecular weight excluding hydrogens is 403 g/mol. The summed E-state index contributed by atoms with van der Waals surface area (Å²) in [6.07, 6.45) is -0.897. The number of esters is 2. The Labute approximate surface area is 173 Å². The van der Waals surface area contributed by atoms with Gasteiger partial charge in [0.05, 0.1) is 11.9 Å². The van der Waals surface area contributed by atoms with Gasteiger partial charge in [0.25, 0.3) is 0 Å². The third kappa shape index (κ3) is 6.69. The molecule has 0 radical (unpaired) electrons. The zero-order chi connectivity index (χ0) is 22.5. The normalized spacial score (nSPS) is 15.8. The summed E-state index contributed by atoms with van der Waals surface area (Å²) in [5.41, 5.74) is 0.530. The van der Waals surface area contributed by atoms with Crippen LogP contribution < -0.4 is 9.97 Å². The van der Waals surface area contributed by atoms with Crippen molar-refractivity contribution in [1.29, 1.82) is 0 Å². The Morgan fingerprint density at radius 2 is 2.03 bits per heavy atom. The highest BCUT2D eigenvalue weighted by molar-refractivity contribution is 6.47. The highest BCUT2D eigenvalue weighted by atomic mass is 19.3. The van der Waals surface area contributed by atoms with Crippen molar-refractivity contribution in [2.24, 2.45) is 5.92 Å². The third-order valence-electron chi connectivity index (χ3n) is 4.34. The van der Waals surface area contributed by atoms with Crippen LogP contribution in [-0.4, -0.2) is 48.6 Å². The van der Waals surface area contributed by atoms with Crippen LogP contribution in [0, 0.1) is 5.92 Å². The van der Waals surface area contributed by atoms with Crippen LogP contribution in [0.25, 0.3) is 0 Å². The molecule has 0 unspecified atom stereocenters. The van der Waals surface area contributed by atoms with Gasteiger partial charge in [0.1, 0.15) is 11.3 Å². The maximum atomic E-state index is 12.9. The van der Waals surface area contributed by atoms with Crippen LogP contribution in [0.3, 0.4) is 0 Å². The van der Waals surface area contributed by atoms with Crippen molar-refractivity contribution >= 4 is 25.0 Å². The molecular formula is C19H24BF2NO7. The summed E-state index contributed by atoms with van der Waals surface area (Å²) >= 11 is 0. The van der Waals surface area contributed by atoms with Crippen molar-refractivity contribution in [2.75, 3.05) is 6.79 Å². The van der Waals surface area contributed by atoms with Crippen LogP contribution in [0.5, 0.6) is 5.75 Å². The number of carbonyl (C=O) groups excluding carboxylic acids is 3. The van der Waals surface area contributed by atoms with Crippen molar-refractivity contribution in [2.45, 2.75) is 51.9 Å². The van der Waals surface area contributed by atoms with E-state index in [1.807, 2.05) is 0 Å². The third-order valence-corrected chi connectivity index (χ3v) is 4.34. The number of alkyl halides is 2. The predicted octanol–water partition coefficient (Wildman–Crippen LogP) is 1.87. The van der Waals surface area contributed by atoms with Gasteiger partial charge in [-0.25, -0.2) is 13.6 Å². The van der Waals surface area contributed by atoms with Gasteiger partial charge in [0.2, 0.25) is 18.6 Å². The fraction of sp³-hybridized carbons (Fsp3) is 0.526. The van der Waals surface area contributed by atoms with Gasteiger partial charge in [-0.2, -0.15) is 0 Å². The number of carbonyl (C=O) groups is 3. The van der Waals surface area contributed by atoms with Crippen LogP contribution in [0.2, 0.25) is 0 Å². The number of nitrogens with one attached hydrogen (secondary N) is 1. The summed E-state index contributed by atoms with van der Waals surface area (Å²) in [5, 5.41) is 12.7. The van der Waals surface area contributed by atoms with Crippen molar-refractivity contribution in [3.63, 3.8) is 0 Å². The predicted molar refractivity (Wildman–Crippen MR) is 102 cm³/mol. The number of hydrogen-bond acceptors (Lipinski definition) is 7. The number of halogens is 2. The lowest BCUT2D eigenvalue weighted by molar-refractivity contribution is -0.155. The molecule has 30 heavy (non-hydrogen) atoms. The average Bonchev–Trinajstić information content (AvgIpc) is 2.65. The first-order valence-electron chi connectivity index (χ1n) is 9.45. The second kappa shape index (κ2) is 9.88. The van der Waals surface area contributed by atoms with E-state index in [1.54, 1.807) is 26.0 Å². The van der Waals surface area contributed by atoms with Crippen LogP contribution >= 0.6 is 0 Å². The Balaban J connectivity index is 2.00. The monoisotopic (exact) mass is 427 g/mol. The fourth-order valence-corrected chi connectivity index (χ4v) is 2.71. The lowest BCUT2D eigenvalue weighted by atomic mass is 9.72. The summed E-state index contributed by atoms with van der Waals surface area (Å²) in [6, 6.07) is 4.61. The van der Waals surface area contributed by atoms with Crippen LogP contribution in [-0.2, 0) is 25.5 Å². The molecule has 0 fully saturated rings. The molecule has 11 heteroatoms. The number of hydrogen-bond donors (Lipinski definition) is 2. The van der Waals surface area contributed by atoms with E-state index in [-0.39, 0.29) is 23.7 Å². The summed E-state index contributed by atoms with van der Waals surface area (Å²) in [7, 11) is -1.49. The van der Waals surface area contributed by atoms with E-state index in [1.165, 1.54) is 6.07 Å². The molecule has 1 heterocycles. The molecule has 2 rings (SSSR count). The highest BCUT2D eigenvalue weighted by Crippen LogP contribution is 2.30. The maximum Gasteiger partial charge on any atom is 0.547 e. The quantitative estimate of drug-likeness (QED) is 0.370. The van der Waals surface area contributed by atoms with Crippen LogP contribution in [0.1, 0.15) is 49.5 Å². The van der Waals surface area contributed by atoms with Gasteiger partial charge >= 0.3 is 19.1 Å². The molecule has 0 spiro atoms. The summed E-state index contributed by atoms with van der Waals surface area (Å²) in [5.74, 6) is -6.11. The van der Waals surface area contributed by atoms with Gasteiger partial charge in [0.15, 0.2) is 0 Å². The first kappa shape index (κ1) is 23.6. The van der Waals surface area contributed by atoms with Gasteiger partial charge in [-0.3, -0.25) is 9.59 Å². The minimum absolute atomic E-state index is 0.0162. The molecule has 2 N–H and O–H groups in total. The number of ether oxygens (including phenoxy) is 2.